The van der Waals surface area contributed by atoms with E-state index in [1.54, 1.807) is 29.9 Å². The zero-order valence-corrected chi connectivity index (χ0v) is 20.8. The SMILES string of the molecule is C=C(C)C(=O)OCCOC(=O)CCc1cc(-n2n3c4ccc(C(N)=O)cc4n23)c(O)c(C(C)(C)C)c1. The fraction of sp³-hybridized carbons (Fsp3) is 0.346. The zero-order chi connectivity index (χ0) is 26.4. The first kappa shape index (κ1) is 24.9. The Balaban J connectivity index is 1.53. The number of rotatable bonds is 9. The third-order valence-corrected chi connectivity index (χ3v) is 5.92. The number of phenols is 1. The quantitative estimate of drug-likeness (QED) is 0.209. The summed E-state index contributed by atoms with van der Waals surface area (Å²) in [4.78, 5) is 37.0. The minimum Gasteiger partial charge on any atom is -0.505 e. The van der Waals surface area contributed by atoms with Gasteiger partial charge in [0.2, 0.25) is 5.91 Å². The summed E-state index contributed by atoms with van der Waals surface area (Å²) in [5.74, 6) is -1.31. The van der Waals surface area contributed by atoms with Gasteiger partial charge in [0.25, 0.3) is 0 Å². The molecule has 0 unspecified atom stereocenters. The van der Waals surface area contributed by atoms with Crippen LogP contribution in [0.5, 0.6) is 5.75 Å². The molecule has 10 heteroatoms. The molecule has 0 aliphatic heterocycles. The third kappa shape index (κ3) is 4.66. The van der Waals surface area contributed by atoms with Crippen molar-refractivity contribution in [3.05, 3.63) is 59.2 Å². The number of hydrogen-bond donors (Lipinski definition) is 2. The molecule has 190 valence electrons. The van der Waals surface area contributed by atoms with E-state index in [9.17, 15) is 19.5 Å². The molecular formula is C26H30N4O6. The highest BCUT2D eigenvalue weighted by Crippen LogP contribution is 2.39. The first-order valence-electron chi connectivity index (χ1n) is 11.6. The van der Waals surface area contributed by atoms with E-state index in [0.29, 0.717) is 17.7 Å². The van der Waals surface area contributed by atoms with Crippen molar-refractivity contribution in [1.82, 2.24) is 14.1 Å². The van der Waals surface area contributed by atoms with Crippen LogP contribution < -0.4 is 5.73 Å². The molecule has 36 heavy (non-hydrogen) atoms. The van der Waals surface area contributed by atoms with Crippen LogP contribution in [-0.4, -0.2) is 50.2 Å². The molecule has 10 nitrogen and oxygen atoms in total. The summed E-state index contributed by atoms with van der Waals surface area (Å²) < 4.78 is 13.8. The number of nitrogens with two attached hydrogens (primary N) is 1. The summed E-state index contributed by atoms with van der Waals surface area (Å²) in [5.41, 5.74) is 9.60. The molecule has 0 saturated heterocycles. The lowest BCUT2D eigenvalue weighted by atomic mass is 9.84. The molecule has 4 rings (SSSR count). The van der Waals surface area contributed by atoms with Gasteiger partial charge in [-0.05, 0) is 48.6 Å². The number of carbonyl (C=O) groups excluding carboxylic acids is 3. The van der Waals surface area contributed by atoms with Crippen molar-refractivity contribution >= 4 is 28.9 Å². The molecule has 0 spiro atoms. The van der Waals surface area contributed by atoms with Gasteiger partial charge in [0.1, 0.15) is 35.7 Å². The minimum atomic E-state index is -0.527. The smallest absolute Gasteiger partial charge is 0.333 e. The van der Waals surface area contributed by atoms with Gasteiger partial charge in [-0.1, -0.05) is 33.4 Å². The fourth-order valence-corrected chi connectivity index (χ4v) is 3.98. The molecule has 0 atom stereocenters. The third-order valence-electron chi connectivity index (χ3n) is 5.92. The van der Waals surface area contributed by atoms with Gasteiger partial charge in [0, 0.05) is 23.1 Å². The average Bonchev–Trinajstić information content (AvgIpc) is 3.46. The lowest BCUT2D eigenvalue weighted by Crippen LogP contribution is -2.15. The second kappa shape index (κ2) is 9.10. The van der Waals surface area contributed by atoms with Gasteiger partial charge in [-0.2, -0.15) is 0 Å². The lowest BCUT2D eigenvalue weighted by molar-refractivity contribution is -0.150. The Kier molecular flexibility index (Phi) is 6.30. The van der Waals surface area contributed by atoms with Crippen LogP contribution in [0.1, 0.15) is 55.6 Å². The Morgan fingerprint density at radius 2 is 1.69 bits per heavy atom. The largest absolute Gasteiger partial charge is 0.505 e. The highest BCUT2D eigenvalue weighted by Gasteiger charge is 2.30. The van der Waals surface area contributed by atoms with Crippen LogP contribution in [0, 0.1) is 0 Å². The number of aromatic hydroxyl groups is 1. The Bertz CT molecular complexity index is 1480. The summed E-state index contributed by atoms with van der Waals surface area (Å²) in [6, 6.07) is 8.91. The van der Waals surface area contributed by atoms with E-state index < -0.39 is 17.8 Å². The molecule has 0 radical (unpaired) electrons. The van der Waals surface area contributed by atoms with Gasteiger partial charge in [-0.25, -0.2) is 4.79 Å². The maximum atomic E-state index is 12.2. The number of aromatic nitrogens is 3. The topological polar surface area (TPSA) is 130 Å². The van der Waals surface area contributed by atoms with Gasteiger partial charge in [0.05, 0.1) is 0 Å². The predicted molar refractivity (Wildman–Crippen MR) is 133 cm³/mol. The summed E-state index contributed by atoms with van der Waals surface area (Å²) in [6.45, 7) is 11.0. The molecule has 4 aromatic rings. The van der Waals surface area contributed by atoms with Crippen molar-refractivity contribution in [3.8, 4) is 11.4 Å². The normalized spacial score (nSPS) is 11.9. The van der Waals surface area contributed by atoms with Crippen molar-refractivity contribution < 1.29 is 29.0 Å². The van der Waals surface area contributed by atoms with Crippen molar-refractivity contribution in [2.24, 2.45) is 5.73 Å². The second-order valence-corrected chi connectivity index (χ2v) is 9.83. The van der Waals surface area contributed by atoms with Gasteiger partial charge < -0.3 is 20.3 Å². The summed E-state index contributed by atoms with van der Waals surface area (Å²) in [5, 5.41) is 11.1. The number of hydrogen-bond acceptors (Lipinski definition) is 6. The highest BCUT2D eigenvalue weighted by molar-refractivity contribution is 5.97. The van der Waals surface area contributed by atoms with E-state index in [-0.39, 0.29) is 36.4 Å². The Morgan fingerprint density at radius 1 is 1.03 bits per heavy atom. The maximum Gasteiger partial charge on any atom is 0.333 e. The number of amides is 1. The number of fused-ring (bicyclic) bond motifs is 4. The van der Waals surface area contributed by atoms with E-state index >= 15 is 0 Å². The van der Waals surface area contributed by atoms with Crippen molar-refractivity contribution in [1.29, 1.82) is 0 Å². The monoisotopic (exact) mass is 494 g/mol. The number of primary amides is 1. The molecule has 2 heterocycles. The molecular weight excluding hydrogens is 464 g/mol. The van der Waals surface area contributed by atoms with Crippen LogP contribution in [0.2, 0.25) is 0 Å². The molecule has 0 aliphatic rings. The summed E-state index contributed by atoms with van der Waals surface area (Å²) >= 11 is 0. The molecule has 2 aromatic carbocycles. The first-order chi connectivity index (χ1) is 16.9. The Hall–Kier alpha value is -4.21. The first-order valence-corrected chi connectivity index (χ1v) is 11.6. The zero-order valence-electron chi connectivity index (χ0n) is 20.8. The maximum absolute atomic E-state index is 12.2. The van der Waals surface area contributed by atoms with Crippen LogP contribution in [0.25, 0.3) is 16.7 Å². The molecule has 0 fully saturated rings. The van der Waals surface area contributed by atoms with Gasteiger partial charge >= 0.3 is 11.9 Å². The number of phenolic OH excluding ortho intramolecular Hbond substituents is 1. The molecule has 0 bridgehead atoms. The van der Waals surface area contributed by atoms with Crippen LogP contribution in [0.15, 0.2) is 42.5 Å². The van der Waals surface area contributed by atoms with Gasteiger partial charge in [-0.3, -0.25) is 9.59 Å². The lowest BCUT2D eigenvalue weighted by Gasteiger charge is -2.22. The molecule has 2 aromatic heterocycles. The van der Waals surface area contributed by atoms with E-state index in [1.807, 2.05) is 42.2 Å². The number of benzene rings is 2. The highest BCUT2D eigenvalue weighted by atomic mass is 16.6. The van der Waals surface area contributed by atoms with Crippen LogP contribution in [-0.2, 0) is 30.9 Å². The molecule has 3 N–H and O–H groups in total. The van der Waals surface area contributed by atoms with Crippen LogP contribution in [0.4, 0.5) is 0 Å². The summed E-state index contributed by atoms with van der Waals surface area (Å²) in [6.07, 6.45) is 0.519. The van der Waals surface area contributed by atoms with E-state index in [4.69, 9.17) is 15.2 Å². The van der Waals surface area contributed by atoms with Gasteiger partial charge in [-0.15, -0.1) is 14.1 Å². The molecule has 0 aliphatic carbocycles. The molecule has 0 saturated carbocycles. The fourth-order valence-electron chi connectivity index (χ4n) is 3.98. The van der Waals surface area contributed by atoms with Crippen LogP contribution in [0.3, 0.4) is 0 Å². The standard InChI is InChI=1S/C26H30N4O6/c1-15(2)25(34)36-11-10-35-22(31)9-6-16-12-18(26(3,4)5)23(32)21(13-16)30-28-19-8-7-17(24(27)33)14-20(19)29(28)30/h7-8,12-14,32H,1,6,9-11H2,2-5H3,(H2,27,33). The van der Waals surface area contributed by atoms with Crippen molar-refractivity contribution in [3.63, 3.8) is 0 Å². The number of carbonyl (C=O) groups is 3. The Morgan fingerprint density at radius 3 is 2.33 bits per heavy atom. The predicted octanol–water partition coefficient (Wildman–Crippen LogP) is 3.12. The molecule has 1 amide bonds. The van der Waals surface area contributed by atoms with Crippen molar-refractivity contribution in [2.75, 3.05) is 13.2 Å². The van der Waals surface area contributed by atoms with Crippen molar-refractivity contribution in [2.45, 2.75) is 46.0 Å². The van der Waals surface area contributed by atoms with E-state index in [1.165, 1.54) is 0 Å². The second-order valence-electron chi connectivity index (χ2n) is 9.83. The minimum absolute atomic E-state index is 0.0326. The summed E-state index contributed by atoms with van der Waals surface area (Å²) in [7, 11) is 0. The van der Waals surface area contributed by atoms with E-state index in [0.717, 1.165) is 22.2 Å². The Labute approximate surface area is 207 Å². The van der Waals surface area contributed by atoms with E-state index in [2.05, 4.69) is 6.58 Å². The number of esters is 2. The number of aryl methyl sites for hydroxylation is 1. The number of ether oxygens (including phenoxy) is 2. The average molecular weight is 495 g/mol. The number of nitrogens with zero attached hydrogens (tertiary/aromatic N) is 3. The van der Waals surface area contributed by atoms with Crippen LogP contribution >= 0.6 is 0 Å². The van der Waals surface area contributed by atoms with Gasteiger partial charge in [0.15, 0.2) is 0 Å².